The molecule has 18 heavy (non-hydrogen) atoms. The predicted molar refractivity (Wildman–Crippen MR) is 68.9 cm³/mol. The molecule has 2 aromatic heterocycles. The molecule has 0 spiro atoms. The molecule has 0 saturated carbocycles. The number of pyridine rings is 1. The first kappa shape index (κ1) is 11.4. The monoisotopic (exact) mass is 307 g/mol. The molecule has 5 nitrogen and oxygen atoms in total. The third kappa shape index (κ3) is 1.82. The molecule has 1 unspecified atom stereocenters. The van der Waals surface area contributed by atoms with Crippen LogP contribution < -0.4 is 5.32 Å². The van der Waals surface area contributed by atoms with Gasteiger partial charge in [0, 0.05) is 28.7 Å². The van der Waals surface area contributed by atoms with Gasteiger partial charge in [-0.1, -0.05) is 0 Å². The van der Waals surface area contributed by atoms with Crippen LogP contribution in [0.3, 0.4) is 0 Å². The Hall–Kier alpha value is -1.69. The second kappa shape index (κ2) is 4.20. The number of nitrogens with zero attached hydrogens (tertiary/aromatic N) is 2. The molecule has 1 aliphatic heterocycles. The zero-order chi connectivity index (χ0) is 12.7. The predicted octanol–water partition coefficient (Wildman–Crippen LogP) is 1.78. The van der Waals surface area contributed by atoms with Gasteiger partial charge in [0.1, 0.15) is 11.7 Å². The van der Waals surface area contributed by atoms with Crippen LogP contribution in [-0.4, -0.2) is 21.4 Å². The molecule has 3 rings (SSSR count). The molecule has 0 radical (unpaired) electrons. The number of aromatic nitrogens is 2. The number of piperidine rings is 1. The van der Waals surface area contributed by atoms with E-state index in [1.54, 1.807) is 6.20 Å². The minimum Gasteiger partial charge on any atom is -0.320 e. The van der Waals surface area contributed by atoms with Crippen LogP contribution in [0.25, 0.3) is 11.0 Å². The van der Waals surface area contributed by atoms with Crippen LogP contribution in [0.2, 0.25) is 0 Å². The summed E-state index contributed by atoms with van der Waals surface area (Å²) in [5, 5.41) is 3.32. The van der Waals surface area contributed by atoms with Crippen molar-refractivity contribution in [2.75, 3.05) is 0 Å². The smallest absolute Gasteiger partial charge is 0.249 e. The van der Waals surface area contributed by atoms with Gasteiger partial charge in [0.25, 0.3) is 0 Å². The largest absolute Gasteiger partial charge is 0.320 e. The lowest BCUT2D eigenvalue weighted by atomic mass is 10.1. The quantitative estimate of drug-likeness (QED) is 0.817. The fourth-order valence-electron chi connectivity index (χ4n) is 2.22. The Morgan fingerprint density at radius 2 is 2.28 bits per heavy atom. The molecule has 0 bridgehead atoms. The maximum atomic E-state index is 11.8. The third-order valence-electron chi connectivity index (χ3n) is 3.07. The Morgan fingerprint density at radius 3 is 3.06 bits per heavy atom. The Morgan fingerprint density at radius 1 is 1.44 bits per heavy atom. The first-order chi connectivity index (χ1) is 8.65. The highest BCUT2D eigenvalue weighted by atomic mass is 79.9. The second-order valence-electron chi connectivity index (χ2n) is 4.26. The van der Waals surface area contributed by atoms with E-state index in [9.17, 15) is 9.59 Å². The number of rotatable bonds is 1. The van der Waals surface area contributed by atoms with Crippen LogP contribution in [0.5, 0.6) is 0 Å². The number of hydrogen-bond acceptors (Lipinski definition) is 3. The van der Waals surface area contributed by atoms with Crippen LogP contribution in [0.1, 0.15) is 18.9 Å². The maximum Gasteiger partial charge on any atom is 0.249 e. The zero-order valence-corrected chi connectivity index (χ0v) is 11.0. The molecule has 1 saturated heterocycles. The Bertz CT molecular complexity index is 650. The number of carbonyl (C=O) groups is 2. The van der Waals surface area contributed by atoms with Gasteiger partial charge in [-0.25, -0.2) is 4.98 Å². The highest BCUT2D eigenvalue weighted by Gasteiger charge is 2.28. The number of fused-ring (bicyclic) bond motifs is 1. The van der Waals surface area contributed by atoms with Gasteiger partial charge in [-0.3, -0.25) is 14.9 Å². The normalized spacial score (nSPS) is 20.2. The van der Waals surface area contributed by atoms with Gasteiger partial charge in [0.15, 0.2) is 0 Å². The highest BCUT2D eigenvalue weighted by molar-refractivity contribution is 9.10. The average Bonchev–Trinajstić information content (AvgIpc) is 2.72. The van der Waals surface area contributed by atoms with Crippen LogP contribution in [0, 0.1) is 0 Å². The highest BCUT2D eigenvalue weighted by Crippen LogP contribution is 2.25. The number of imide groups is 1. The molecular formula is C12H10BrN3O2. The zero-order valence-electron chi connectivity index (χ0n) is 9.39. The maximum absolute atomic E-state index is 11.8. The summed E-state index contributed by atoms with van der Waals surface area (Å²) >= 11 is 3.36. The number of hydrogen-bond donors (Lipinski definition) is 1. The fourth-order valence-corrected chi connectivity index (χ4v) is 2.57. The van der Waals surface area contributed by atoms with E-state index < -0.39 is 0 Å². The summed E-state index contributed by atoms with van der Waals surface area (Å²) in [5.41, 5.74) is 0.757. The molecule has 3 heterocycles. The van der Waals surface area contributed by atoms with Gasteiger partial charge in [-0.05, 0) is 34.5 Å². The lowest BCUT2D eigenvalue weighted by molar-refractivity contribution is -0.135. The minimum absolute atomic E-state index is 0.205. The van der Waals surface area contributed by atoms with Crippen LogP contribution in [-0.2, 0) is 9.59 Å². The Labute approximate surface area is 111 Å². The first-order valence-corrected chi connectivity index (χ1v) is 6.40. The summed E-state index contributed by atoms with van der Waals surface area (Å²) in [6.45, 7) is 0. The van der Waals surface area contributed by atoms with E-state index in [2.05, 4.69) is 26.2 Å². The van der Waals surface area contributed by atoms with Crippen molar-refractivity contribution in [3.05, 3.63) is 29.0 Å². The van der Waals surface area contributed by atoms with Gasteiger partial charge in [0.2, 0.25) is 11.8 Å². The lowest BCUT2D eigenvalue weighted by Crippen LogP contribution is -2.41. The summed E-state index contributed by atoms with van der Waals surface area (Å²) in [5.74, 6) is -0.461. The lowest BCUT2D eigenvalue weighted by Gasteiger charge is -2.22. The van der Waals surface area contributed by atoms with E-state index in [4.69, 9.17) is 0 Å². The average molecular weight is 308 g/mol. The minimum atomic E-state index is -0.353. The summed E-state index contributed by atoms with van der Waals surface area (Å²) in [6, 6.07) is 3.51. The summed E-state index contributed by atoms with van der Waals surface area (Å²) in [7, 11) is 0. The summed E-state index contributed by atoms with van der Waals surface area (Å²) < 4.78 is 2.72. The van der Waals surface area contributed by atoms with Crippen LogP contribution >= 0.6 is 15.9 Å². The van der Waals surface area contributed by atoms with Crippen LogP contribution in [0.4, 0.5) is 0 Å². The molecule has 1 aliphatic rings. The molecule has 2 amide bonds. The van der Waals surface area contributed by atoms with Gasteiger partial charge >= 0.3 is 0 Å². The Kier molecular flexibility index (Phi) is 2.66. The van der Waals surface area contributed by atoms with Crippen molar-refractivity contribution in [3.63, 3.8) is 0 Å². The molecule has 2 aromatic rings. The van der Waals surface area contributed by atoms with E-state index in [-0.39, 0.29) is 17.9 Å². The van der Waals surface area contributed by atoms with Gasteiger partial charge in [0.05, 0.1) is 0 Å². The number of amides is 2. The number of carbonyl (C=O) groups excluding carboxylic acids is 2. The number of halogens is 1. The molecule has 92 valence electrons. The molecule has 0 aromatic carbocycles. The topological polar surface area (TPSA) is 64.0 Å². The van der Waals surface area contributed by atoms with Crippen molar-refractivity contribution in [1.29, 1.82) is 0 Å². The summed E-state index contributed by atoms with van der Waals surface area (Å²) in [4.78, 5) is 27.3. The molecular weight excluding hydrogens is 298 g/mol. The SMILES string of the molecule is O=C1CCC(n2ccc3cc(Br)cnc32)C(=O)N1. The van der Waals surface area contributed by atoms with Gasteiger partial charge in [-0.15, -0.1) is 0 Å². The fraction of sp³-hybridized carbons (Fsp3) is 0.250. The van der Waals surface area contributed by atoms with Crippen molar-refractivity contribution in [1.82, 2.24) is 14.9 Å². The van der Waals surface area contributed by atoms with Crippen molar-refractivity contribution >= 4 is 38.8 Å². The van der Waals surface area contributed by atoms with Gasteiger partial charge < -0.3 is 4.57 Å². The van der Waals surface area contributed by atoms with Crippen molar-refractivity contribution in [3.8, 4) is 0 Å². The molecule has 6 heteroatoms. The van der Waals surface area contributed by atoms with E-state index in [0.717, 1.165) is 15.5 Å². The van der Waals surface area contributed by atoms with E-state index >= 15 is 0 Å². The van der Waals surface area contributed by atoms with E-state index in [0.29, 0.717) is 12.8 Å². The number of nitrogens with one attached hydrogen (secondary N) is 1. The van der Waals surface area contributed by atoms with Gasteiger partial charge in [-0.2, -0.15) is 0 Å². The molecule has 1 fully saturated rings. The Balaban J connectivity index is 2.04. The van der Waals surface area contributed by atoms with E-state index in [1.165, 1.54) is 0 Å². The molecule has 1 atom stereocenters. The van der Waals surface area contributed by atoms with Crippen LogP contribution in [0.15, 0.2) is 29.0 Å². The van der Waals surface area contributed by atoms with E-state index in [1.807, 2.05) is 22.9 Å². The third-order valence-corrected chi connectivity index (χ3v) is 3.50. The van der Waals surface area contributed by atoms with Crippen molar-refractivity contribution in [2.45, 2.75) is 18.9 Å². The molecule has 0 aliphatic carbocycles. The van der Waals surface area contributed by atoms with Crippen molar-refractivity contribution in [2.24, 2.45) is 0 Å². The molecule has 1 N–H and O–H groups in total. The standard InChI is InChI=1S/C12H10BrN3O2/c13-8-5-7-3-4-16(11(7)14-6-8)9-1-2-10(17)15-12(9)18/h3-6,9H,1-2H2,(H,15,17,18). The van der Waals surface area contributed by atoms with Crippen molar-refractivity contribution < 1.29 is 9.59 Å². The second-order valence-corrected chi connectivity index (χ2v) is 5.17. The first-order valence-electron chi connectivity index (χ1n) is 5.61. The summed E-state index contributed by atoms with van der Waals surface area (Å²) in [6.07, 6.45) is 4.42.